The summed E-state index contributed by atoms with van der Waals surface area (Å²) in [5.74, 6) is 1.18. The van der Waals surface area contributed by atoms with Gasteiger partial charge in [-0.25, -0.2) is 0 Å². The highest BCUT2D eigenvalue weighted by atomic mass is 16.5. The van der Waals surface area contributed by atoms with E-state index < -0.39 is 0 Å². The highest BCUT2D eigenvalue weighted by Gasteiger charge is 2.43. The molecular weight excluding hydrogens is 348 g/mol. The van der Waals surface area contributed by atoms with Gasteiger partial charge in [0.05, 0.1) is 0 Å². The van der Waals surface area contributed by atoms with E-state index in [1.165, 1.54) is 36.9 Å². The van der Waals surface area contributed by atoms with Crippen LogP contribution in [0.2, 0.25) is 0 Å². The van der Waals surface area contributed by atoms with Crippen LogP contribution >= 0.6 is 0 Å². The molecule has 3 aliphatic heterocycles. The molecule has 1 atom stereocenters. The first-order valence-corrected chi connectivity index (χ1v) is 11.2. The molecule has 4 nitrogen and oxygen atoms in total. The molecule has 0 radical (unpaired) electrons. The molecular formula is C24H36N2O2. The summed E-state index contributed by atoms with van der Waals surface area (Å²) in [7, 11) is 0. The van der Waals surface area contributed by atoms with Gasteiger partial charge in [-0.2, -0.15) is 0 Å². The molecule has 0 aromatic heterocycles. The lowest BCUT2D eigenvalue weighted by molar-refractivity contribution is -0.138. The van der Waals surface area contributed by atoms with E-state index in [0.29, 0.717) is 17.2 Å². The molecule has 4 rings (SSSR count). The summed E-state index contributed by atoms with van der Waals surface area (Å²) in [4.78, 5) is 17.7. The summed E-state index contributed by atoms with van der Waals surface area (Å²) < 4.78 is 5.44. The van der Waals surface area contributed by atoms with E-state index >= 15 is 0 Å². The Bertz CT molecular complexity index is 666. The van der Waals surface area contributed by atoms with Crippen LogP contribution in [0.5, 0.6) is 0 Å². The minimum atomic E-state index is 0.197. The van der Waals surface area contributed by atoms with Crippen LogP contribution in [0.3, 0.4) is 0 Å². The largest absolute Gasteiger partial charge is 0.381 e. The number of piperidine rings is 1. The Labute approximate surface area is 170 Å². The highest BCUT2D eigenvalue weighted by Crippen LogP contribution is 2.40. The lowest BCUT2D eigenvalue weighted by atomic mass is 9.79. The smallest absolute Gasteiger partial charge is 0.225 e. The fourth-order valence-corrected chi connectivity index (χ4v) is 5.37. The molecule has 0 N–H and O–H groups in total. The normalized spacial score (nSPS) is 27.0. The van der Waals surface area contributed by atoms with Crippen LogP contribution in [0.4, 0.5) is 0 Å². The van der Waals surface area contributed by atoms with Gasteiger partial charge in [0.25, 0.3) is 0 Å². The van der Waals surface area contributed by atoms with Gasteiger partial charge in [0, 0.05) is 50.7 Å². The Morgan fingerprint density at radius 2 is 1.86 bits per heavy atom. The van der Waals surface area contributed by atoms with Crippen LogP contribution in [-0.2, 0) is 16.1 Å². The molecule has 0 bridgehead atoms. The van der Waals surface area contributed by atoms with Crippen molar-refractivity contribution in [3.8, 4) is 0 Å². The third-order valence-corrected chi connectivity index (χ3v) is 7.11. The average Bonchev–Trinajstić information content (AvgIpc) is 3.11. The van der Waals surface area contributed by atoms with Gasteiger partial charge in [-0.05, 0) is 55.7 Å². The maximum Gasteiger partial charge on any atom is 0.225 e. The van der Waals surface area contributed by atoms with Crippen LogP contribution in [0.15, 0.2) is 24.3 Å². The standard InChI is InChI=1S/C24H36N2O2/c1-19(2)21-6-4-20(5-7-21)16-25-12-3-10-24(17-25)11-13-26(18-24)23(27)22-8-14-28-15-9-22/h4-7,19,22H,3,8-18H2,1-2H3/t24-/m1/s1. The molecule has 0 aliphatic carbocycles. The maximum atomic E-state index is 12.9. The number of hydrogen-bond acceptors (Lipinski definition) is 3. The van der Waals surface area contributed by atoms with E-state index in [4.69, 9.17) is 4.74 Å². The first-order valence-electron chi connectivity index (χ1n) is 11.2. The summed E-state index contributed by atoms with van der Waals surface area (Å²) >= 11 is 0. The topological polar surface area (TPSA) is 32.8 Å². The summed E-state index contributed by atoms with van der Waals surface area (Å²) in [5, 5.41) is 0. The Kier molecular flexibility index (Phi) is 6.07. The monoisotopic (exact) mass is 384 g/mol. The molecule has 154 valence electrons. The first kappa shape index (κ1) is 19.9. The average molecular weight is 385 g/mol. The van der Waals surface area contributed by atoms with Gasteiger partial charge in [0.1, 0.15) is 0 Å². The molecule has 1 amide bonds. The second kappa shape index (κ2) is 8.54. The summed E-state index contributed by atoms with van der Waals surface area (Å²) in [6.07, 6.45) is 5.50. The van der Waals surface area contributed by atoms with Crippen molar-refractivity contribution in [3.63, 3.8) is 0 Å². The molecule has 3 saturated heterocycles. The molecule has 1 aromatic carbocycles. The van der Waals surface area contributed by atoms with Crippen molar-refractivity contribution in [1.29, 1.82) is 0 Å². The van der Waals surface area contributed by atoms with Crippen molar-refractivity contribution >= 4 is 5.91 Å². The minimum absolute atomic E-state index is 0.197. The van der Waals surface area contributed by atoms with Crippen LogP contribution in [0, 0.1) is 11.3 Å². The predicted molar refractivity (Wildman–Crippen MR) is 112 cm³/mol. The second-order valence-corrected chi connectivity index (χ2v) is 9.61. The number of nitrogens with zero attached hydrogens (tertiary/aromatic N) is 2. The summed E-state index contributed by atoms with van der Waals surface area (Å²) in [6, 6.07) is 9.16. The number of hydrogen-bond donors (Lipinski definition) is 0. The van der Waals surface area contributed by atoms with Gasteiger partial charge in [0.15, 0.2) is 0 Å². The minimum Gasteiger partial charge on any atom is -0.381 e. The summed E-state index contributed by atoms with van der Waals surface area (Å²) in [5.41, 5.74) is 3.14. The van der Waals surface area contributed by atoms with Gasteiger partial charge in [-0.15, -0.1) is 0 Å². The Balaban J connectivity index is 1.34. The van der Waals surface area contributed by atoms with Crippen LogP contribution in [0.1, 0.15) is 63.0 Å². The number of rotatable bonds is 4. The molecule has 4 heteroatoms. The van der Waals surface area contributed by atoms with Crippen molar-refractivity contribution in [1.82, 2.24) is 9.80 Å². The zero-order valence-electron chi connectivity index (χ0n) is 17.7. The fraction of sp³-hybridized carbons (Fsp3) is 0.708. The number of ether oxygens (including phenoxy) is 1. The lowest BCUT2D eigenvalue weighted by Gasteiger charge is -2.40. The Hall–Kier alpha value is -1.39. The van der Waals surface area contributed by atoms with Crippen molar-refractivity contribution in [3.05, 3.63) is 35.4 Å². The molecule has 3 aliphatic rings. The number of carbonyl (C=O) groups excluding carboxylic acids is 1. The molecule has 1 spiro atoms. The third-order valence-electron chi connectivity index (χ3n) is 7.11. The summed E-state index contributed by atoms with van der Waals surface area (Å²) in [6.45, 7) is 11.3. The van der Waals surface area contributed by atoms with Gasteiger partial charge in [-0.3, -0.25) is 9.69 Å². The molecule has 3 fully saturated rings. The van der Waals surface area contributed by atoms with E-state index in [-0.39, 0.29) is 5.92 Å². The molecule has 1 aromatic rings. The lowest BCUT2D eigenvalue weighted by Crippen LogP contribution is -2.45. The van der Waals surface area contributed by atoms with E-state index in [2.05, 4.69) is 47.9 Å². The predicted octanol–water partition coefficient (Wildman–Crippen LogP) is 4.05. The van der Waals surface area contributed by atoms with Gasteiger partial charge in [0.2, 0.25) is 5.91 Å². The van der Waals surface area contributed by atoms with E-state index in [1.54, 1.807) is 0 Å². The number of amides is 1. The van der Waals surface area contributed by atoms with Gasteiger partial charge >= 0.3 is 0 Å². The number of likely N-dealkylation sites (tertiary alicyclic amines) is 2. The van der Waals surface area contributed by atoms with E-state index in [1.807, 2.05) is 0 Å². The van der Waals surface area contributed by atoms with E-state index in [9.17, 15) is 4.79 Å². The highest BCUT2D eigenvalue weighted by molar-refractivity contribution is 5.79. The number of benzene rings is 1. The molecule has 28 heavy (non-hydrogen) atoms. The first-order chi connectivity index (χ1) is 13.5. The fourth-order valence-electron chi connectivity index (χ4n) is 5.37. The van der Waals surface area contributed by atoms with Crippen molar-refractivity contribution < 1.29 is 9.53 Å². The quantitative estimate of drug-likeness (QED) is 0.785. The van der Waals surface area contributed by atoms with Crippen molar-refractivity contribution in [2.24, 2.45) is 11.3 Å². The van der Waals surface area contributed by atoms with Gasteiger partial charge < -0.3 is 9.64 Å². The van der Waals surface area contributed by atoms with Crippen molar-refractivity contribution in [2.75, 3.05) is 39.4 Å². The zero-order chi connectivity index (χ0) is 19.6. The number of carbonyl (C=O) groups is 1. The van der Waals surface area contributed by atoms with Crippen molar-refractivity contribution in [2.45, 2.75) is 58.4 Å². The van der Waals surface area contributed by atoms with Crippen LogP contribution in [-0.4, -0.2) is 55.1 Å². The van der Waals surface area contributed by atoms with Gasteiger partial charge in [-0.1, -0.05) is 38.1 Å². The maximum absolute atomic E-state index is 12.9. The molecule has 0 saturated carbocycles. The Morgan fingerprint density at radius 3 is 2.57 bits per heavy atom. The van der Waals surface area contributed by atoms with Crippen LogP contribution in [0.25, 0.3) is 0 Å². The van der Waals surface area contributed by atoms with Crippen LogP contribution < -0.4 is 0 Å². The molecule has 0 unspecified atom stereocenters. The second-order valence-electron chi connectivity index (χ2n) is 9.61. The molecule has 3 heterocycles. The SMILES string of the molecule is CC(C)c1ccc(CN2CCC[C@@]3(CCN(C(=O)C4CCOCC4)C3)C2)cc1. The van der Waals surface area contributed by atoms with E-state index in [0.717, 1.165) is 52.2 Å². The third kappa shape index (κ3) is 4.44. The zero-order valence-corrected chi connectivity index (χ0v) is 17.7. The Morgan fingerprint density at radius 1 is 1.11 bits per heavy atom.